The molecule has 0 aliphatic heterocycles. The third-order valence-electron chi connectivity index (χ3n) is 12.1. The fourth-order valence-corrected chi connectivity index (χ4v) is 10.1. The number of rotatable bonds is 4. The molecule has 30 heavy (non-hydrogen) atoms. The van der Waals surface area contributed by atoms with Crippen molar-refractivity contribution in [2.24, 2.45) is 57.7 Å². The molecule has 0 bridgehead atoms. The molecular weight excluding hydrogens is 360 g/mol. The lowest BCUT2D eigenvalue weighted by molar-refractivity contribution is -0.161. The van der Waals surface area contributed by atoms with E-state index in [0.717, 1.165) is 41.4 Å². The van der Waals surface area contributed by atoms with E-state index in [4.69, 9.17) is 0 Å². The van der Waals surface area contributed by atoms with Gasteiger partial charge in [0.15, 0.2) is 0 Å². The smallest absolute Gasteiger partial charge is 0.0261 e. The summed E-state index contributed by atoms with van der Waals surface area (Å²) in [5, 5.41) is 0. The molecule has 0 nitrogen and oxygen atoms in total. The molecule has 4 aliphatic carbocycles. The zero-order chi connectivity index (χ0) is 21.9. The van der Waals surface area contributed by atoms with Gasteiger partial charge in [-0.15, -0.1) is 0 Å². The highest BCUT2D eigenvalue weighted by molar-refractivity contribution is 5.12. The molecule has 4 rings (SSSR count). The highest BCUT2D eigenvalue weighted by Crippen LogP contribution is 2.70. The SMILES string of the molecule is CC(C)=CCCC(C)C1CCC2C3CCC4C(C)(C)C(C)CCC4(C)C3CCC12C. The summed E-state index contributed by atoms with van der Waals surface area (Å²) in [6.45, 7) is 20.4. The molecular formula is C30H52. The first-order chi connectivity index (χ1) is 14.0. The maximum atomic E-state index is 2.75. The Morgan fingerprint density at radius 2 is 1.53 bits per heavy atom. The van der Waals surface area contributed by atoms with Crippen LogP contribution in [0.5, 0.6) is 0 Å². The summed E-state index contributed by atoms with van der Waals surface area (Å²) in [5.74, 6) is 6.80. The van der Waals surface area contributed by atoms with Crippen molar-refractivity contribution in [2.45, 2.75) is 120 Å². The molecule has 0 spiro atoms. The van der Waals surface area contributed by atoms with Crippen LogP contribution in [-0.4, -0.2) is 0 Å². The average molecular weight is 413 g/mol. The first kappa shape index (κ1) is 22.9. The molecule has 0 aromatic rings. The van der Waals surface area contributed by atoms with Crippen LogP contribution in [0.1, 0.15) is 120 Å². The summed E-state index contributed by atoms with van der Waals surface area (Å²) in [5.41, 5.74) is 3.28. The monoisotopic (exact) mass is 412 g/mol. The van der Waals surface area contributed by atoms with E-state index in [-0.39, 0.29) is 0 Å². The largest absolute Gasteiger partial charge is 0.0859 e. The first-order valence-electron chi connectivity index (χ1n) is 13.6. The Morgan fingerprint density at radius 1 is 0.867 bits per heavy atom. The van der Waals surface area contributed by atoms with Gasteiger partial charge in [0.2, 0.25) is 0 Å². The Labute approximate surface area is 189 Å². The quantitative estimate of drug-likeness (QED) is 0.403. The second kappa shape index (κ2) is 7.95. The minimum absolute atomic E-state index is 0.538. The van der Waals surface area contributed by atoms with Crippen molar-refractivity contribution in [1.82, 2.24) is 0 Å². The van der Waals surface area contributed by atoms with E-state index >= 15 is 0 Å². The van der Waals surface area contributed by atoms with Gasteiger partial charge in [0, 0.05) is 0 Å². The fourth-order valence-electron chi connectivity index (χ4n) is 10.1. The van der Waals surface area contributed by atoms with Crippen LogP contribution in [0.15, 0.2) is 11.6 Å². The van der Waals surface area contributed by atoms with E-state index in [9.17, 15) is 0 Å². The van der Waals surface area contributed by atoms with E-state index < -0.39 is 0 Å². The van der Waals surface area contributed by atoms with Crippen molar-refractivity contribution in [3.63, 3.8) is 0 Å². The topological polar surface area (TPSA) is 0 Å². The summed E-state index contributed by atoms with van der Waals surface area (Å²) in [4.78, 5) is 0. The van der Waals surface area contributed by atoms with Gasteiger partial charge in [-0.05, 0) is 136 Å². The molecule has 9 atom stereocenters. The van der Waals surface area contributed by atoms with E-state index in [0.29, 0.717) is 16.2 Å². The van der Waals surface area contributed by atoms with Gasteiger partial charge < -0.3 is 0 Å². The molecule has 0 aromatic carbocycles. The molecule has 4 saturated carbocycles. The predicted octanol–water partition coefficient (Wildman–Crippen LogP) is 9.30. The van der Waals surface area contributed by atoms with Gasteiger partial charge in [0.1, 0.15) is 0 Å². The summed E-state index contributed by atoms with van der Waals surface area (Å²) < 4.78 is 0. The summed E-state index contributed by atoms with van der Waals surface area (Å²) in [7, 11) is 0. The van der Waals surface area contributed by atoms with Crippen LogP contribution in [0.4, 0.5) is 0 Å². The normalized spacial score (nSPS) is 48.3. The van der Waals surface area contributed by atoms with Gasteiger partial charge >= 0.3 is 0 Å². The Bertz CT molecular complexity index is 651. The van der Waals surface area contributed by atoms with Crippen molar-refractivity contribution < 1.29 is 0 Å². The van der Waals surface area contributed by atoms with Crippen LogP contribution in [-0.2, 0) is 0 Å². The number of fused-ring (bicyclic) bond motifs is 5. The Morgan fingerprint density at radius 3 is 2.23 bits per heavy atom. The lowest BCUT2D eigenvalue weighted by Crippen LogP contribution is -2.57. The third-order valence-corrected chi connectivity index (χ3v) is 12.1. The molecule has 0 heterocycles. The summed E-state index contributed by atoms with van der Waals surface area (Å²) >= 11 is 0. The Kier molecular flexibility index (Phi) is 6.07. The van der Waals surface area contributed by atoms with Gasteiger partial charge in [-0.2, -0.15) is 0 Å². The van der Waals surface area contributed by atoms with Crippen molar-refractivity contribution >= 4 is 0 Å². The van der Waals surface area contributed by atoms with E-state index in [1.807, 2.05) is 0 Å². The van der Waals surface area contributed by atoms with E-state index in [2.05, 4.69) is 61.5 Å². The average Bonchev–Trinajstić information content (AvgIpc) is 3.02. The maximum absolute atomic E-state index is 2.75. The van der Waals surface area contributed by atoms with Crippen LogP contribution in [0.25, 0.3) is 0 Å². The van der Waals surface area contributed by atoms with Gasteiger partial charge in [-0.1, -0.05) is 53.2 Å². The van der Waals surface area contributed by atoms with Crippen LogP contribution in [0.2, 0.25) is 0 Å². The zero-order valence-corrected chi connectivity index (χ0v) is 21.7. The molecule has 4 aliphatic rings. The van der Waals surface area contributed by atoms with E-state index in [1.165, 1.54) is 63.4 Å². The lowest BCUT2D eigenvalue weighted by Gasteiger charge is -2.65. The molecule has 0 radical (unpaired) electrons. The van der Waals surface area contributed by atoms with Crippen molar-refractivity contribution in [1.29, 1.82) is 0 Å². The van der Waals surface area contributed by atoms with Crippen LogP contribution in [0, 0.1) is 57.7 Å². The van der Waals surface area contributed by atoms with Crippen molar-refractivity contribution in [3.05, 3.63) is 11.6 Å². The fraction of sp³-hybridized carbons (Fsp3) is 0.933. The molecule has 4 fully saturated rings. The van der Waals surface area contributed by atoms with Crippen LogP contribution >= 0.6 is 0 Å². The van der Waals surface area contributed by atoms with Crippen LogP contribution < -0.4 is 0 Å². The molecule has 0 heteroatoms. The minimum atomic E-state index is 0.538. The highest BCUT2D eigenvalue weighted by atomic mass is 14.7. The molecule has 9 unspecified atom stereocenters. The molecule has 0 amide bonds. The standard InChI is InChI=1S/C30H52/c1-20(2)10-9-11-21(3)24-13-14-25-23-12-15-27-28(5,6)22(4)16-18-30(27,8)26(23)17-19-29(24,25)7/h10,21-27H,9,11-19H2,1-8H3. The Balaban J connectivity index is 1.52. The van der Waals surface area contributed by atoms with Crippen molar-refractivity contribution in [2.75, 3.05) is 0 Å². The van der Waals surface area contributed by atoms with Gasteiger partial charge in [0.25, 0.3) is 0 Å². The lowest BCUT2D eigenvalue weighted by atomic mass is 9.40. The van der Waals surface area contributed by atoms with E-state index in [1.54, 1.807) is 6.42 Å². The Hall–Kier alpha value is -0.260. The third kappa shape index (κ3) is 3.46. The summed E-state index contributed by atoms with van der Waals surface area (Å²) in [6.07, 6.45) is 17.3. The maximum Gasteiger partial charge on any atom is -0.0261 e. The minimum Gasteiger partial charge on any atom is -0.0859 e. The number of hydrogen-bond donors (Lipinski definition) is 0. The molecule has 172 valence electrons. The van der Waals surface area contributed by atoms with Crippen molar-refractivity contribution in [3.8, 4) is 0 Å². The van der Waals surface area contributed by atoms with Gasteiger partial charge in [0.05, 0.1) is 0 Å². The summed E-state index contributed by atoms with van der Waals surface area (Å²) in [6, 6.07) is 0. The predicted molar refractivity (Wildman–Crippen MR) is 131 cm³/mol. The second-order valence-electron chi connectivity index (χ2n) is 13.8. The number of allylic oxidation sites excluding steroid dienone is 2. The van der Waals surface area contributed by atoms with Crippen LogP contribution in [0.3, 0.4) is 0 Å². The zero-order valence-electron chi connectivity index (χ0n) is 21.7. The first-order valence-corrected chi connectivity index (χ1v) is 13.6. The molecule has 0 N–H and O–H groups in total. The number of hydrogen-bond acceptors (Lipinski definition) is 0. The van der Waals surface area contributed by atoms with Gasteiger partial charge in [-0.3, -0.25) is 0 Å². The second-order valence-corrected chi connectivity index (χ2v) is 13.8. The van der Waals surface area contributed by atoms with Gasteiger partial charge in [-0.25, -0.2) is 0 Å². The highest BCUT2D eigenvalue weighted by Gasteiger charge is 2.62. The molecule has 0 saturated heterocycles. The molecule has 0 aromatic heterocycles.